The van der Waals surface area contributed by atoms with Gasteiger partial charge in [0.1, 0.15) is 30.8 Å². The van der Waals surface area contributed by atoms with E-state index in [4.69, 9.17) is 20.9 Å². The number of alkyl carbamates (subject to hydrolysis) is 1. The Morgan fingerprint density at radius 1 is 0.894 bits per heavy atom. The van der Waals surface area contributed by atoms with Gasteiger partial charge in [-0.3, -0.25) is 19.2 Å². The Morgan fingerprint density at radius 2 is 1.53 bits per heavy atom. The first-order valence-corrected chi connectivity index (χ1v) is 15.3. The van der Waals surface area contributed by atoms with Crippen molar-refractivity contribution in [2.45, 2.75) is 91.1 Å². The highest BCUT2D eigenvalue weighted by atomic mass is 16.5. The molecule has 9 N–H and O–H groups in total. The highest BCUT2D eigenvalue weighted by Gasteiger charge is 2.34. The number of rotatable bonds is 19. The molecular weight excluding hydrogens is 614 g/mol. The summed E-state index contributed by atoms with van der Waals surface area (Å²) >= 11 is 0. The molecule has 1 aromatic rings. The van der Waals surface area contributed by atoms with Gasteiger partial charge in [-0.25, -0.2) is 14.4 Å². The van der Waals surface area contributed by atoms with Gasteiger partial charge in [0.05, 0.1) is 6.04 Å². The third-order valence-corrected chi connectivity index (χ3v) is 6.76. The Morgan fingerprint density at radius 3 is 2.09 bits per heavy atom. The Bertz CT molecular complexity index is 1240. The molecule has 0 aromatic heterocycles. The zero-order valence-corrected chi connectivity index (χ0v) is 27.8. The van der Waals surface area contributed by atoms with E-state index < -0.39 is 66.1 Å². The maximum absolute atomic E-state index is 13.0. The van der Waals surface area contributed by atoms with Gasteiger partial charge < -0.3 is 47.5 Å². The second kappa shape index (κ2) is 19.7. The summed E-state index contributed by atoms with van der Waals surface area (Å²) in [5.41, 5.74) is 10.5. The van der Waals surface area contributed by atoms with Crippen LogP contribution in [0.1, 0.15) is 66.4 Å². The van der Waals surface area contributed by atoms with Crippen LogP contribution in [0.5, 0.6) is 0 Å². The number of primary amides is 1. The number of amides is 6. The number of aldehydes is 1. The van der Waals surface area contributed by atoms with Gasteiger partial charge in [0.2, 0.25) is 17.7 Å². The molecule has 0 heterocycles. The fraction of sp³-hybridized carbons (Fsp3) is 0.581. The van der Waals surface area contributed by atoms with Crippen molar-refractivity contribution in [1.82, 2.24) is 21.3 Å². The second-order valence-electron chi connectivity index (χ2n) is 12.2. The summed E-state index contributed by atoms with van der Waals surface area (Å²) in [4.78, 5) is 84.8. The molecular formula is C31H49N7O9. The number of carbonyl (C=O) groups excluding carboxylic acids is 7. The molecule has 0 radical (unpaired) electrons. The highest BCUT2D eigenvalue weighted by molar-refractivity contribution is 5.98. The second-order valence-corrected chi connectivity index (χ2v) is 12.2. The van der Waals surface area contributed by atoms with Crippen molar-refractivity contribution < 1.29 is 43.0 Å². The van der Waals surface area contributed by atoms with Gasteiger partial charge in [-0.1, -0.05) is 39.8 Å². The summed E-state index contributed by atoms with van der Waals surface area (Å²) in [5.74, 6) is -2.56. The predicted octanol–water partition coefficient (Wildman–Crippen LogP) is 0.820. The molecule has 6 amide bonds. The van der Waals surface area contributed by atoms with Crippen LogP contribution < -0.4 is 38.1 Å². The molecule has 0 aliphatic rings. The lowest BCUT2D eigenvalue weighted by Crippen LogP contribution is -2.57. The van der Waals surface area contributed by atoms with Crippen molar-refractivity contribution in [3.63, 3.8) is 0 Å². The normalized spacial score (nSPS) is 13.0. The Hall–Kier alpha value is -4.73. The van der Waals surface area contributed by atoms with E-state index in [0.29, 0.717) is 24.0 Å². The number of carbonyl (C=O) groups is 7. The molecule has 16 heteroatoms. The monoisotopic (exact) mass is 663 g/mol. The topological polar surface area (TPSA) is 250 Å². The van der Waals surface area contributed by atoms with E-state index in [1.165, 1.54) is 13.8 Å². The van der Waals surface area contributed by atoms with Crippen molar-refractivity contribution in [1.29, 1.82) is 0 Å². The van der Waals surface area contributed by atoms with Crippen LogP contribution in [0, 0.1) is 11.8 Å². The minimum atomic E-state index is -1.45. The average molecular weight is 664 g/mol. The number of hydrogen-bond donors (Lipinski definition) is 7. The van der Waals surface area contributed by atoms with E-state index in [-0.39, 0.29) is 37.8 Å². The number of nitrogens with one attached hydrogen (secondary N) is 5. The number of anilines is 1. The van der Waals surface area contributed by atoms with Gasteiger partial charge in [-0.2, -0.15) is 0 Å². The molecule has 0 spiro atoms. The molecule has 0 saturated heterocycles. The standard InChI is InChI=1S/C31H49N7O9/c1-18(2)16-23(26(41)38-31(5,6)28(43)46-15-14-39)37-30(45)47-17-20-9-11-21(12-10-20)35-25(40)22(8-7-13-34-29(33)44)36-27(42)24(32)19(3)4/h9-12,14,18-19,22-24H,7-8,13,15-17,32H2,1-6H3,(H,35,40)(H,36,42)(H,37,45)(H,38,41)(H3,33,34,44)/t22-,23-,24-/m0/s1. The van der Waals surface area contributed by atoms with Crippen LogP contribution in [-0.4, -0.2) is 78.9 Å². The summed E-state index contributed by atoms with van der Waals surface area (Å²) < 4.78 is 10.1. The van der Waals surface area contributed by atoms with Crippen LogP contribution >= 0.6 is 0 Å². The third-order valence-electron chi connectivity index (χ3n) is 6.76. The number of esters is 1. The maximum Gasteiger partial charge on any atom is 0.408 e. The van der Waals surface area contributed by atoms with Crippen molar-refractivity contribution >= 4 is 47.8 Å². The lowest BCUT2D eigenvalue weighted by atomic mass is 10.0. The summed E-state index contributed by atoms with van der Waals surface area (Å²) in [6.07, 6.45) is 0.371. The molecule has 16 nitrogen and oxygen atoms in total. The van der Waals surface area contributed by atoms with Crippen LogP contribution in [0.3, 0.4) is 0 Å². The molecule has 1 rings (SSSR count). The summed E-state index contributed by atoms with van der Waals surface area (Å²) in [6.45, 7) is 9.72. The van der Waals surface area contributed by atoms with Gasteiger partial charge >= 0.3 is 18.1 Å². The summed E-state index contributed by atoms with van der Waals surface area (Å²) in [6, 6.07) is 2.94. The number of urea groups is 1. The summed E-state index contributed by atoms with van der Waals surface area (Å²) in [7, 11) is 0. The van der Waals surface area contributed by atoms with E-state index in [9.17, 15) is 33.6 Å². The van der Waals surface area contributed by atoms with Gasteiger partial charge in [0, 0.05) is 12.2 Å². The minimum absolute atomic E-state index is 0.00518. The molecule has 0 saturated carbocycles. The number of benzene rings is 1. The number of ether oxygens (including phenoxy) is 2. The number of hydrogen-bond acceptors (Lipinski definition) is 10. The van der Waals surface area contributed by atoms with Crippen molar-refractivity contribution in [2.75, 3.05) is 18.5 Å². The molecule has 0 bridgehead atoms. The first-order valence-electron chi connectivity index (χ1n) is 15.3. The smallest absolute Gasteiger partial charge is 0.408 e. The van der Waals surface area contributed by atoms with Gasteiger partial charge in [-0.15, -0.1) is 0 Å². The number of nitrogens with two attached hydrogens (primary N) is 2. The van der Waals surface area contributed by atoms with Crippen LogP contribution in [0.2, 0.25) is 0 Å². The van der Waals surface area contributed by atoms with Crippen LogP contribution in [0.15, 0.2) is 24.3 Å². The lowest BCUT2D eigenvalue weighted by Gasteiger charge is -2.27. The van der Waals surface area contributed by atoms with Crippen LogP contribution in [0.4, 0.5) is 15.3 Å². The molecule has 0 fully saturated rings. The van der Waals surface area contributed by atoms with Crippen molar-refractivity contribution in [3.05, 3.63) is 29.8 Å². The van der Waals surface area contributed by atoms with Gasteiger partial charge in [0.25, 0.3) is 0 Å². The SMILES string of the molecule is CC(C)C[C@H](NC(=O)OCc1ccc(NC(=O)[C@H](CCCNC(N)=O)NC(=O)[C@@H](N)C(C)C)cc1)C(=O)NC(C)(C)C(=O)OCC=O. The first-order chi connectivity index (χ1) is 22.0. The molecule has 47 heavy (non-hydrogen) atoms. The molecule has 1 aromatic carbocycles. The van der Waals surface area contributed by atoms with Crippen molar-refractivity contribution in [2.24, 2.45) is 23.3 Å². The fourth-order valence-electron chi connectivity index (χ4n) is 4.04. The first kappa shape index (κ1) is 40.3. The highest BCUT2D eigenvalue weighted by Crippen LogP contribution is 2.14. The largest absolute Gasteiger partial charge is 0.456 e. The Labute approximate surface area is 274 Å². The molecule has 0 unspecified atom stereocenters. The molecule has 262 valence electrons. The van der Waals surface area contributed by atoms with Gasteiger partial charge in [0.15, 0.2) is 6.29 Å². The minimum Gasteiger partial charge on any atom is -0.456 e. The maximum atomic E-state index is 13.0. The summed E-state index contributed by atoms with van der Waals surface area (Å²) in [5, 5.41) is 12.9. The quantitative estimate of drug-likeness (QED) is 0.0623. The van der Waals surface area contributed by atoms with E-state index in [1.807, 2.05) is 13.8 Å². The third kappa shape index (κ3) is 15.4. The zero-order valence-electron chi connectivity index (χ0n) is 27.8. The lowest BCUT2D eigenvalue weighted by molar-refractivity contribution is -0.153. The molecule has 3 atom stereocenters. The van der Waals surface area contributed by atoms with E-state index in [0.717, 1.165) is 0 Å². The molecule has 0 aliphatic carbocycles. The van der Waals surface area contributed by atoms with Crippen molar-refractivity contribution in [3.8, 4) is 0 Å². The molecule has 0 aliphatic heterocycles. The van der Waals surface area contributed by atoms with E-state index in [1.54, 1.807) is 38.1 Å². The van der Waals surface area contributed by atoms with Crippen LogP contribution in [-0.2, 0) is 40.1 Å². The fourth-order valence-corrected chi connectivity index (χ4v) is 4.04. The van der Waals surface area contributed by atoms with E-state index >= 15 is 0 Å². The van der Waals surface area contributed by atoms with E-state index in [2.05, 4.69) is 26.6 Å². The zero-order chi connectivity index (χ0) is 35.7. The predicted molar refractivity (Wildman–Crippen MR) is 172 cm³/mol. The Kier molecular flexibility index (Phi) is 16.9. The van der Waals surface area contributed by atoms with Gasteiger partial charge in [-0.05, 0) is 62.6 Å². The van der Waals surface area contributed by atoms with Crippen LogP contribution in [0.25, 0.3) is 0 Å². The Balaban J connectivity index is 2.81. The average Bonchev–Trinajstić information content (AvgIpc) is 2.99.